The number of ether oxygens (including phenoxy) is 5. The molecule has 0 saturated carbocycles. The van der Waals surface area contributed by atoms with Crippen molar-refractivity contribution in [3.8, 4) is 0 Å². The Kier molecular flexibility index (Phi) is 48.2. The summed E-state index contributed by atoms with van der Waals surface area (Å²) in [6.45, 7) is 5.96. The first kappa shape index (κ1) is 70.0. The lowest BCUT2D eigenvalue weighted by atomic mass is 9.98. The van der Waals surface area contributed by atoms with E-state index in [1.807, 2.05) is 0 Å². The highest BCUT2D eigenvalue weighted by atomic mass is 16.7. The monoisotopic (exact) mass is 1060 g/mol. The van der Waals surface area contributed by atoms with E-state index in [0.717, 1.165) is 89.9 Å². The maximum absolute atomic E-state index is 13.2. The van der Waals surface area contributed by atoms with Crippen LogP contribution in [0.4, 0.5) is 0 Å². The fourth-order valence-corrected chi connectivity index (χ4v) is 9.39. The van der Waals surface area contributed by atoms with Gasteiger partial charge in [-0.05, 0) is 77.0 Å². The topological polar surface area (TPSA) is 175 Å². The number of aliphatic hydroxyl groups excluding tert-OH is 2. The minimum Gasteiger partial charge on any atom is -0.479 e. The summed E-state index contributed by atoms with van der Waals surface area (Å²) in [5, 5.41) is 31.5. The number of hydrogen-bond donors (Lipinski definition) is 3. The highest BCUT2D eigenvalue weighted by Crippen LogP contribution is 2.27. The summed E-state index contributed by atoms with van der Waals surface area (Å²) in [6.07, 6.45) is 48.3. The Hall–Kier alpha value is -3.06. The van der Waals surface area contributed by atoms with Crippen molar-refractivity contribution in [2.75, 3.05) is 13.2 Å². The van der Waals surface area contributed by atoms with Crippen molar-refractivity contribution < 1.29 is 58.2 Å². The number of aliphatic carboxylic acids is 1. The number of carbonyl (C=O) groups is 4. The second-order valence-electron chi connectivity index (χ2n) is 21.3. The molecule has 0 aromatic rings. The Labute approximate surface area is 457 Å². The molecular formula is C63H112O12. The van der Waals surface area contributed by atoms with Gasteiger partial charge in [-0.2, -0.15) is 0 Å². The van der Waals surface area contributed by atoms with Gasteiger partial charge in [0.05, 0.1) is 6.61 Å². The van der Waals surface area contributed by atoms with Crippen LogP contribution in [0.3, 0.4) is 0 Å². The first-order valence-corrected chi connectivity index (χ1v) is 31.0. The largest absolute Gasteiger partial charge is 0.479 e. The van der Waals surface area contributed by atoms with E-state index in [-0.39, 0.29) is 25.9 Å². The normalized spacial score (nSPS) is 18.3. The average Bonchev–Trinajstić information content (AvgIpc) is 3.39. The zero-order chi connectivity index (χ0) is 54.7. The summed E-state index contributed by atoms with van der Waals surface area (Å²) in [5.74, 6) is -3.12. The summed E-state index contributed by atoms with van der Waals surface area (Å²) in [4.78, 5) is 51.1. The number of carboxylic acids is 1. The standard InChI is InChI=1S/C63H112O12/c1-4-7-10-13-16-19-22-24-26-27-28-29-31-32-35-37-40-43-46-49-55(64)71-52-54(73-56(65)50-47-44-41-39-36-33-30-25-23-20-17-14-11-8-5-2)53-72-63-61(59(68)58(67)60(75-63)62(69)70)74-57(66)51-48-45-42-38-34-21-18-15-12-9-6-3/h17,20,24-26,30,54,58-61,63,67-68H,4-16,18-19,21-23,27-29,31-53H2,1-3H3,(H,69,70)/b20-17-,26-24-,30-25-. The molecule has 3 N–H and O–H groups in total. The third kappa shape index (κ3) is 41.7. The van der Waals surface area contributed by atoms with Gasteiger partial charge in [-0.3, -0.25) is 14.4 Å². The predicted octanol–water partition coefficient (Wildman–Crippen LogP) is 16.0. The number of aliphatic hydroxyl groups is 2. The molecule has 0 bridgehead atoms. The molecule has 6 unspecified atom stereocenters. The van der Waals surface area contributed by atoms with Crippen molar-refractivity contribution in [1.29, 1.82) is 0 Å². The fourth-order valence-electron chi connectivity index (χ4n) is 9.39. The molecule has 0 aromatic carbocycles. The van der Waals surface area contributed by atoms with E-state index in [0.29, 0.717) is 19.3 Å². The number of hydrogen-bond acceptors (Lipinski definition) is 11. The molecule has 75 heavy (non-hydrogen) atoms. The fraction of sp³-hybridized carbons (Fsp3) is 0.841. The second kappa shape index (κ2) is 51.7. The van der Waals surface area contributed by atoms with Gasteiger partial charge in [0, 0.05) is 19.3 Å². The highest BCUT2D eigenvalue weighted by molar-refractivity contribution is 5.74. The van der Waals surface area contributed by atoms with E-state index in [1.54, 1.807) is 0 Å². The molecule has 436 valence electrons. The van der Waals surface area contributed by atoms with Crippen LogP contribution >= 0.6 is 0 Å². The minimum atomic E-state index is -1.90. The molecule has 0 spiro atoms. The number of allylic oxidation sites excluding steroid dienone is 6. The van der Waals surface area contributed by atoms with Crippen molar-refractivity contribution in [2.24, 2.45) is 0 Å². The molecule has 12 heteroatoms. The van der Waals surface area contributed by atoms with Gasteiger partial charge >= 0.3 is 23.9 Å². The van der Waals surface area contributed by atoms with Gasteiger partial charge in [0.15, 0.2) is 24.6 Å². The first-order valence-electron chi connectivity index (χ1n) is 31.0. The lowest BCUT2D eigenvalue weighted by Crippen LogP contribution is -2.61. The van der Waals surface area contributed by atoms with Crippen LogP contribution in [0.25, 0.3) is 0 Å². The summed E-state index contributed by atoms with van der Waals surface area (Å²) < 4.78 is 28.4. The molecule has 0 aliphatic carbocycles. The van der Waals surface area contributed by atoms with Crippen molar-refractivity contribution in [2.45, 2.75) is 327 Å². The van der Waals surface area contributed by atoms with Crippen molar-refractivity contribution in [3.05, 3.63) is 36.5 Å². The second-order valence-corrected chi connectivity index (χ2v) is 21.3. The molecule has 0 amide bonds. The van der Waals surface area contributed by atoms with Crippen molar-refractivity contribution >= 4 is 23.9 Å². The zero-order valence-electron chi connectivity index (χ0n) is 48.1. The Morgan fingerprint density at radius 3 is 1.24 bits per heavy atom. The van der Waals surface area contributed by atoms with Gasteiger partial charge in [-0.1, -0.05) is 231 Å². The van der Waals surface area contributed by atoms with Crippen molar-refractivity contribution in [3.63, 3.8) is 0 Å². The molecule has 1 heterocycles. The quantitative estimate of drug-likeness (QED) is 0.0228. The van der Waals surface area contributed by atoms with Gasteiger partial charge in [0.2, 0.25) is 0 Å². The van der Waals surface area contributed by atoms with E-state index < -0.39 is 67.3 Å². The summed E-state index contributed by atoms with van der Waals surface area (Å²) in [6, 6.07) is 0. The average molecular weight is 1060 g/mol. The van der Waals surface area contributed by atoms with Gasteiger partial charge in [0.1, 0.15) is 18.8 Å². The molecule has 12 nitrogen and oxygen atoms in total. The van der Waals surface area contributed by atoms with Gasteiger partial charge in [0.25, 0.3) is 0 Å². The highest BCUT2D eigenvalue weighted by Gasteiger charge is 2.50. The number of unbranched alkanes of at least 4 members (excludes halogenated alkanes) is 33. The van der Waals surface area contributed by atoms with Crippen LogP contribution < -0.4 is 0 Å². The molecule has 1 aliphatic heterocycles. The Morgan fingerprint density at radius 1 is 0.440 bits per heavy atom. The number of carboxylic acid groups (broad SMARTS) is 1. The van der Waals surface area contributed by atoms with Crippen LogP contribution in [-0.2, 0) is 42.9 Å². The summed E-state index contributed by atoms with van der Waals surface area (Å²) >= 11 is 0. The zero-order valence-corrected chi connectivity index (χ0v) is 48.1. The SMILES string of the molecule is CCCCC/C=C\C/C=C\CCCCCCCC(=O)OC(COC(=O)CCCCCCCCCCC/C=C\CCCCCCCC)COC1OC(C(=O)O)C(O)C(O)C1OC(=O)CCCCCCCCCCCCC. The van der Waals surface area contributed by atoms with Crippen LogP contribution in [-0.4, -0.2) is 89.2 Å². The number of carbonyl (C=O) groups excluding carboxylic acids is 3. The molecule has 0 aromatic heterocycles. The van der Waals surface area contributed by atoms with Crippen LogP contribution in [0, 0.1) is 0 Å². The van der Waals surface area contributed by atoms with Crippen LogP contribution in [0.5, 0.6) is 0 Å². The lowest BCUT2D eigenvalue weighted by molar-refractivity contribution is -0.301. The molecule has 6 atom stereocenters. The van der Waals surface area contributed by atoms with Crippen LogP contribution in [0.15, 0.2) is 36.5 Å². The summed E-state index contributed by atoms with van der Waals surface area (Å²) in [5.41, 5.74) is 0. The van der Waals surface area contributed by atoms with E-state index in [1.165, 1.54) is 141 Å². The maximum Gasteiger partial charge on any atom is 0.335 e. The van der Waals surface area contributed by atoms with Gasteiger partial charge in [-0.15, -0.1) is 0 Å². The van der Waals surface area contributed by atoms with Gasteiger partial charge in [-0.25, -0.2) is 4.79 Å². The van der Waals surface area contributed by atoms with Crippen LogP contribution in [0.2, 0.25) is 0 Å². The maximum atomic E-state index is 13.2. The van der Waals surface area contributed by atoms with Crippen LogP contribution in [0.1, 0.15) is 290 Å². The molecule has 1 fully saturated rings. The van der Waals surface area contributed by atoms with Crippen molar-refractivity contribution in [1.82, 2.24) is 0 Å². The molecule has 1 rings (SSSR count). The molecule has 1 saturated heterocycles. The Bertz CT molecular complexity index is 1450. The summed E-state index contributed by atoms with van der Waals surface area (Å²) in [7, 11) is 0. The van der Waals surface area contributed by atoms with E-state index in [2.05, 4.69) is 57.2 Å². The predicted molar refractivity (Wildman–Crippen MR) is 303 cm³/mol. The first-order chi connectivity index (χ1) is 36.6. The third-order valence-corrected chi connectivity index (χ3v) is 14.2. The third-order valence-electron chi connectivity index (χ3n) is 14.2. The molecule has 0 radical (unpaired) electrons. The van der Waals surface area contributed by atoms with E-state index in [9.17, 15) is 34.5 Å². The smallest absolute Gasteiger partial charge is 0.335 e. The Morgan fingerprint density at radius 2 is 0.800 bits per heavy atom. The minimum absolute atomic E-state index is 0.0630. The number of esters is 3. The molecule has 1 aliphatic rings. The number of rotatable bonds is 53. The van der Waals surface area contributed by atoms with E-state index in [4.69, 9.17) is 23.7 Å². The van der Waals surface area contributed by atoms with E-state index >= 15 is 0 Å². The molecular weight excluding hydrogens is 949 g/mol. The van der Waals surface area contributed by atoms with Gasteiger partial charge < -0.3 is 39.0 Å². The lowest BCUT2D eigenvalue weighted by Gasteiger charge is -2.40. The Balaban J connectivity index is 2.65.